The van der Waals surface area contributed by atoms with Gasteiger partial charge in [0.1, 0.15) is 17.2 Å². The lowest BCUT2D eigenvalue weighted by molar-refractivity contribution is 0.253. The van der Waals surface area contributed by atoms with Gasteiger partial charge in [-0.25, -0.2) is 31.3 Å². The lowest BCUT2D eigenvalue weighted by Crippen LogP contribution is -2.45. The fraction of sp³-hybridized carbons (Fsp3) is 0.0588. The summed E-state index contributed by atoms with van der Waals surface area (Å²) in [4.78, 5) is 31.3. The van der Waals surface area contributed by atoms with Crippen molar-refractivity contribution in [1.29, 1.82) is 0 Å². The van der Waals surface area contributed by atoms with Crippen molar-refractivity contribution in [3.8, 4) is 17.2 Å². The van der Waals surface area contributed by atoms with Gasteiger partial charge in [-0.2, -0.15) is 9.99 Å². The molecule has 0 aliphatic rings. The molecule has 0 aliphatic carbocycles. The number of carbonyl (C=O) groups is 2. The normalized spacial score (nSPS) is 10.4. The molecule has 0 atom stereocenters. The van der Waals surface area contributed by atoms with Crippen LogP contribution in [0, 0.1) is 0 Å². The van der Waals surface area contributed by atoms with Gasteiger partial charge in [-0.3, -0.25) is 0 Å². The number of hydrogen-bond acceptors (Lipinski definition) is 8. The molecule has 8 N–H and O–H groups in total. The third kappa shape index (κ3) is 3.92. The smallest absolute Gasteiger partial charge is 0.336 e. The van der Waals surface area contributed by atoms with E-state index in [1.165, 1.54) is 0 Å². The summed E-state index contributed by atoms with van der Waals surface area (Å²) in [7, 11) is 1.55. The van der Waals surface area contributed by atoms with Crippen molar-refractivity contribution in [1.82, 2.24) is 9.97 Å². The molecule has 0 unspecified atom stereocenters. The lowest BCUT2D eigenvalue weighted by atomic mass is 10.2. The van der Waals surface area contributed by atoms with Crippen molar-refractivity contribution in [2.24, 2.45) is 23.2 Å². The van der Waals surface area contributed by atoms with E-state index in [1.807, 2.05) is 0 Å². The Balaban J connectivity index is 2.17. The van der Waals surface area contributed by atoms with Gasteiger partial charge in [-0.1, -0.05) is 6.07 Å². The van der Waals surface area contributed by atoms with Crippen molar-refractivity contribution in [2.75, 3.05) is 17.1 Å². The molecule has 150 valence electrons. The highest BCUT2D eigenvalue weighted by Crippen LogP contribution is 2.36. The molecule has 3 aromatic rings. The molecule has 0 spiro atoms. The third-order valence-corrected chi connectivity index (χ3v) is 3.86. The number of fused-ring (bicyclic) bond motifs is 1. The molecule has 1 aromatic heterocycles. The molecule has 29 heavy (non-hydrogen) atoms. The summed E-state index contributed by atoms with van der Waals surface area (Å²) in [5.74, 6) is 12.4. The van der Waals surface area contributed by atoms with Crippen molar-refractivity contribution in [3.05, 3.63) is 42.5 Å². The number of anilines is 2. The maximum atomic E-state index is 11.7. The Bertz CT molecular complexity index is 1070. The van der Waals surface area contributed by atoms with Crippen LogP contribution in [0.25, 0.3) is 10.9 Å². The monoisotopic (exact) mass is 398 g/mol. The predicted octanol–water partition coefficient (Wildman–Crippen LogP) is 0.948. The zero-order chi connectivity index (χ0) is 21.1. The number of rotatable bonds is 5. The molecule has 0 saturated heterocycles. The minimum absolute atomic E-state index is 0.127. The first-order chi connectivity index (χ1) is 13.8. The van der Waals surface area contributed by atoms with Crippen molar-refractivity contribution in [3.63, 3.8) is 0 Å². The summed E-state index contributed by atoms with van der Waals surface area (Å²) in [6.45, 7) is 0. The molecule has 0 aliphatic heterocycles. The topological polar surface area (TPSA) is 189 Å². The maximum Gasteiger partial charge on any atom is 0.336 e. The van der Waals surface area contributed by atoms with Crippen LogP contribution in [0.5, 0.6) is 17.2 Å². The standard InChI is InChI=1S/C17H18N8O4/c1-28-9-5-7-10(8-6-9)29-12-4-2-3-11-13(12)14(24(20)15(18)26)23-17(22-11)25(21)16(19)27/h2-8H,20-21H2,1H3,(H2,18,26)(H2,19,27). The van der Waals surface area contributed by atoms with E-state index in [1.54, 1.807) is 49.6 Å². The summed E-state index contributed by atoms with van der Waals surface area (Å²) < 4.78 is 11.0. The van der Waals surface area contributed by atoms with Gasteiger partial charge in [0, 0.05) is 0 Å². The van der Waals surface area contributed by atoms with Crippen LogP contribution in [-0.4, -0.2) is 29.1 Å². The Morgan fingerprint density at radius 1 is 0.897 bits per heavy atom. The molecule has 12 nitrogen and oxygen atoms in total. The number of benzene rings is 2. The zero-order valence-corrected chi connectivity index (χ0v) is 15.3. The van der Waals surface area contributed by atoms with Crippen LogP contribution in [0.15, 0.2) is 42.5 Å². The lowest BCUT2D eigenvalue weighted by Gasteiger charge is -2.20. The SMILES string of the molecule is COc1ccc(Oc2cccc3nc(N(N)C(N)=O)nc(N(N)C(N)=O)c23)cc1. The number of aromatic nitrogens is 2. The Morgan fingerprint density at radius 2 is 1.52 bits per heavy atom. The van der Waals surface area contributed by atoms with E-state index < -0.39 is 12.1 Å². The van der Waals surface area contributed by atoms with E-state index in [4.69, 9.17) is 32.6 Å². The fourth-order valence-electron chi connectivity index (χ4n) is 2.46. The van der Waals surface area contributed by atoms with Gasteiger partial charge in [0.2, 0.25) is 0 Å². The molecular formula is C17H18N8O4. The molecule has 12 heteroatoms. The van der Waals surface area contributed by atoms with Crippen LogP contribution >= 0.6 is 0 Å². The Labute approximate surface area is 164 Å². The van der Waals surface area contributed by atoms with Crippen LogP contribution in [0.4, 0.5) is 21.4 Å². The molecule has 2 aromatic carbocycles. The molecule has 0 fully saturated rings. The Morgan fingerprint density at radius 3 is 2.10 bits per heavy atom. The van der Waals surface area contributed by atoms with Crippen LogP contribution in [0.3, 0.4) is 0 Å². The predicted molar refractivity (Wildman–Crippen MR) is 105 cm³/mol. The number of hydrazine groups is 2. The van der Waals surface area contributed by atoms with Crippen molar-refractivity contribution >= 4 is 34.7 Å². The first-order valence-electron chi connectivity index (χ1n) is 8.13. The Hall–Kier alpha value is -4.16. The van der Waals surface area contributed by atoms with Gasteiger partial charge < -0.3 is 20.9 Å². The number of hydrogen-bond donors (Lipinski definition) is 4. The summed E-state index contributed by atoms with van der Waals surface area (Å²) in [6, 6.07) is 9.67. The second-order valence-corrected chi connectivity index (χ2v) is 5.69. The van der Waals surface area contributed by atoms with Gasteiger partial charge in [-0.15, -0.1) is 0 Å². The highest BCUT2D eigenvalue weighted by atomic mass is 16.5. The number of primary amides is 2. The van der Waals surface area contributed by atoms with E-state index in [0.29, 0.717) is 21.5 Å². The largest absolute Gasteiger partial charge is 0.497 e. The van der Waals surface area contributed by atoms with Gasteiger partial charge in [0.15, 0.2) is 5.82 Å². The number of amides is 4. The van der Waals surface area contributed by atoms with Gasteiger partial charge in [0.05, 0.1) is 18.0 Å². The van der Waals surface area contributed by atoms with Gasteiger partial charge in [0.25, 0.3) is 5.95 Å². The quantitative estimate of drug-likeness (QED) is 0.277. The summed E-state index contributed by atoms with van der Waals surface area (Å²) >= 11 is 0. The van der Waals surface area contributed by atoms with E-state index in [0.717, 1.165) is 0 Å². The van der Waals surface area contributed by atoms with E-state index in [2.05, 4.69) is 9.97 Å². The van der Waals surface area contributed by atoms with Gasteiger partial charge >= 0.3 is 12.1 Å². The molecule has 1 heterocycles. The third-order valence-electron chi connectivity index (χ3n) is 3.86. The van der Waals surface area contributed by atoms with Crippen molar-refractivity contribution in [2.45, 2.75) is 0 Å². The highest BCUT2D eigenvalue weighted by molar-refractivity contribution is 6.03. The zero-order valence-electron chi connectivity index (χ0n) is 15.3. The number of carbonyl (C=O) groups excluding carboxylic acids is 2. The van der Waals surface area contributed by atoms with Crippen molar-refractivity contribution < 1.29 is 19.1 Å². The number of methoxy groups -OCH3 is 1. The molecule has 3 rings (SSSR count). The van der Waals surface area contributed by atoms with Crippen LogP contribution < -0.4 is 42.6 Å². The van der Waals surface area contributed by atoms with E-state index >= 15 is 0 Å². The second kappa shape index (κ2) is 7.84. The molecular weight excluding hydrogens is 380 g/mol. The summed E-state index contributed by atoms with van der Waals surface area (Å²) in [5.41, 5.74) is 10.7. The first kappa shape index (κ1) is 19.6. The second-order valence-electron chi connectivity index (χ2n) is 5.69. The van der Waals surface area contributed by atoms with E-state index in [-0.39, 0.29) is 28.4 Å². The highest BCUT2D eigenvalue weighted by Gasteiger charge is 2.22. The average molecular weight is 398 g/mol. The van der Waals surface area contributed by atoms with Crippen LogP contribution in [-0.2, 0) is 0 Å². The van der Waals surface area contributed by atoms with Crippen LogP contribution in [0.2, 0.25) is 0 Å². The van der Waals surface area contributed by atoms with E-state index in [9.17, 15) is 9.59 Å². The minimum atomic E-state index is -1.01. The number of urea groups is 2. The first-order valence-corrected chi connectivity index (χ1v) is 8.13. The molecule has 0 radical (unpaired) electrons. The number of nitrogens with zero attached hydrogens (tertiary/aromatic N) is 4. The fourth-order valence-corrected chi connectivity index (χ4v) is 2.46. The minimum Gasteiger partial charge on any atom is -0.497 e. The molecule has 4 amide bonds. The molecule has 0 saturated carbocycles. The molecule has 0 bridgehead atoms. The number of nitrogens with two attached hydrogens (primary N) is 4. The maximum absolute atomic E-state index is 11.7. The Kier molecular flexibility index (Phi) is 5.29. The average Bonchev–Trinajstić information content (AvgIpc) is 2.72. The summed E-state index contributed by atoms with van der Waals surface area (Å²) in [6.07, 6.45) is 0. The van der Waals surface area contributed by atoms with Gasteiger partial charge in [-0.05, 0) is 36.4 Å². The number of ether oxygens (including phenoxy) is 2. The summed E-state index contributed by atoms with van der Waals surface area (Å²) in [5, 5.41) is 1.36. The van der Waals surface area contributed by atoms with Crippen LogP contribution in [0.1, 0.15) is 0 Å².